The zero-order chi connectivity index (χ0) is 14.2. The average molecular weight is 325 g/mol. The number of rotatable bonds is 3. The van der Waals surface area contributed by atoms with Crippen LogP contribution in [0, 0.1) is 13.8 Å². The van der Waals surface area contributed by atoms with Crippen molar-refractivity contribution in [1.82, 2.24) is 9.78 Å². The van der Waals surface area contributed by atoms with Gasteiger partial charge in [0.05, 0.1) is 16.3 Å². The van der Waals surface area contributed by atoms with Gasteiger partial charge in [0, 0.05) is 7.05 Å². The highest BCUT2D eigenvalue weighted by atomic mass is 79.9. The number of ether oxygens (including phenoxy) is 1. The van der Waals surface area contributed by atoms with Crippen LogP contribution in [0.3, 0.4) is 0 Å². The highest BCUT2D eigenvalue weighted by molar-refractivity contribution is 9.10. The van der Waals surface area contributed by atoms with Gasteiger partial charge in [0.1, 0.15) is 11.4 Å². The number of aliphatic hydroxyl groups is 1. The summed E-state index contributed by atoms with van der Waals surface area (Å²) in [4.78, 5) is 0. The molecule has 0 saturated heterocycles. The van der Waals surface area contributed by atoms with E-state index in [-0.39, 0.29) is 0 Å². The first-order chi connectivity index (χ1) is 8.90. The van der Waals surface area contributed by atoms with Gasteiger partial charge in [-0.1, -0.05) is 6.07 Å². The van der Waals surface area contributed by atoms with E-state index in [4.69, 9.17) is 4.74 Å². The fourth-order valence-corrected chi connectivity index (χ4v) is 2.35. The predicted molar refractivity (Wildman–Crippen MR) is 77.5 cm³/mol. The van der Waals surface area contributed by atoms with E-state index in [9.17, 15) is 5.11 Å². The molecule has 0 unspecified atom stereocenters. The zero-order valence-corrected chi connectivity index (χ0v) is 13.0. The lowest BCUT2D eigenvalue weighted by Crippen LogP contribution is -1.94. The Bertz CT molecular complexity index is 606. The third kappa shape index (κ3) is 2.82. The van der Waals surface area contributed by atoms with Crippen LogP contribution in [0.4, 0.5) is 0 Å². The van der Waals surface area contributed by atoms with Crippen LogP contribution in [-0.4, -0.2) is 14.9 Å². The molecule has 1 aromatic carbocycles. The predicted octanol–water partition coefficient (Wildman–Crippen LogP) is 3.65. The molecule has 1 heterocycles. The Morgan fingerprint density at radius 2 is 2.05 bits per heavy atom. The van der Waals surface area contributed by atoms with Gasteiger partial charge in [-0.2, -0.15) is 5.10 Å². The Morgan fingerprint density at radius 3 is 2.53 bits per heavy atom. The lowest BCUT2D eigenvalue weighted by Gasteiger charge is -2.11. The normalized spacial score (nSPS) is 12.5. The minimum absolute atomic E-state index is 0.493. The molecule has 0 aliphatic rings. The van der Waals surface area contributed by atoms with Gasteiger partial charge in [-0.15, -0.1) is 0 Å². The fraction of sp³-hybridized carbons (Fsp3) is 0.357. The molecule has 2 rings (SSSR count). The first-order valence-electron chi connectivity index (χ1n) is 6.05. The highest BCUT2D eigenvalue weighted by Gasteiger charge is 2.14. The fourth-order valence-electron chi connectivity index (χ4n) is 1.87. The van der Waals surface area contributed by atoms with Crippen LogP contribution in [0.15, 0.2) is 22.7 Å². The standard InChI is InChI=1S/C14H17BrN2O2/c1-8-14(9(2)17(4)16-8)19-13-6-5-11(10(3)18)7-12(13)15/h5-7,10,18H,1-4H3/t10-/m0/s1. The third-order valence-corrected chi connectivity index (χ3v) is 3.71. The maximum Gasteiger partial charge on any atom is 0.171 e. The molecule has 0 aliphatic heterocycles. The molecule has 19 heavy (non-hydrogen) atoms. The molecule has 102 valence electrons. The molecule has 1 aromatic heterocycles. The van der Waals surface area contributed by atoms with E-state index in [1.54, 1.807) is 11.6 Å². The van der Waals surface area contributed by atoms with Crippen molar-refractivity contribution >= 4 is 15.9 Å². The molecule has 2 aromatic rings. The summed E-state index contributed by atoms with van der Waals surface area (Å²) in [7, 11) is 1.89. The molecular weight excluding hydrogens is 308 g/mol. The lowest BCUT2D eigenvalue weighted by atomic mass is 10.1. The molecule has 0 saturated carbocycles. The largest absolute Gasteiger partial charge is 0.452 e. The minimum atomic E-state index is -0.493. The van der Waals surface area contributed by atoms with Crippen LogP contribution < -0.4 is 4.74 Å². The first-order valence-corrected chi connectivity index (χ1v) is 6.85. The summed E-state index contributed by atoms with van der Waals surface area (Å²) < 4.78 is 8.52. The van der Waals surface area contributed by atoms with Crippen molar-refractivity contribution in [2.45, 2.75) is 26.9 Å². The average Bonchev–Trinajstić information content (AvgIpc) is 2.58. The Balaban J connectivity index is 2.34. The molecule has 1 N–H and O–H groups in total. The van der Waals surface area contributed by atoms with Crippen LogP contribution in [0.5, 0.6) is 11.5 Å². The summed E-state index contributed by atoms with van der Waals surface area (Å²) in [5.41, 5.74) is 2.68. The molecule has 0 bridgehead atoms. The van der Waals surface area contributed by atoms with Crippen LogP contribution in [0.25, 0.3) is 0 Å². The topological polar surface area (TPSA) is 47.3 Å². The summed E-state index contributed by atoms with van der Waals surface area (Å²) >= 11 is 3.47. The van der Waals surface area contributed by atoms with E-state index in [1.165, 1.54) is 0 Å². The van der Waals surface area contributed by atoms with Crippen molar-refractivity contribution in [3.8, 4) is 11.5 Å². The summed E-state index contributed by atoms with van der Waals surface area (Å²) in [5.74, 6) is 1.48. The maximum atomic E-state index is 9.55. The van der Waals surface area contributed by atoms with E-state index >= 15 is 0 Å². The van der Waals surface area contributed by atoms with E-state index in [1.807, 2.05) is 39.1 Å². The number of hydrogen-bond acceptors (Lipinski definition) is 3. The van der Waals surface area contributed by atoms with Crippen molar-refractivity contribution in [1.29, 1.82) is 0 Å². The SMILES string of the molecule is Cc1nn(C)c(C)c1Oc1ccc([C@H](C)O)cc1Br. The number of aliphatic hydroxyl groups excluding tert-OH is 1. The zero-order valence-electron chi connectivity index (χ0n) is 11.4. The highest BCUT2D eigenvalue weighted by Crippen LogP contribution is 2.34. The van der Waals surface area contributed by atoms with E-state index in [0.29, 0.717) is 5.75 Å². The van der Waals surface area contributed by atoms with Crippen molar-refractivity contribution in [2.75, 3.05) is 0 Å². The molecule has 4 nitrogen and oxygen atoms in total. The second kappa shape index (κ2) is 5.35. The number of benzene rings is 1. The van der Waals surface area contributed by atoms with Gasteiger partial charge < -0.3 is 9.84 Å². The molecule has 0 fully saturated rings. The van der Waals surface area contributed by atoms with Crippen LogP contribution in [0.2, 0.25) is 0 Å². The minimum Gasteiger partial charge on any atom is -0.452 e. The Morgan fingerprint density at radius 1 is 1.37 bits per heavy atom. The Kier molecular flexibility index (Phi) is 3.96. The van der Waals surface area contributed by atoms with Gasteiger partial charge in [-0.3, -0.25) is 4.68 Å². The van der Waals surface area contributed by atoms with E-state index in [0.717, 1.165) is 27.2 Å². The third-order valence-electron chi connectivity index (χ3n) is 3.09. The van der Waals surface area contributed by atoms with Crippen molar-refractivity contribution in [3.05, 3.63) is 39.6 Å². The number of aromatic nitrogens is 2. The van der Waals surface area contributed by atoms with Gasteiger partial charge in [0.2, 0.25) is 0 Å². The quantitative estimate of drug-likeness (QED) is 0.937. The van der Waals surface area contributed by atoms with Gasteiger partial charge in [0.25, 0.3) is 0 Å². The molecule has 5 heteroatoms. The maximum absolute atomic E-state index is 9.55. The number of hydrogen-bond donors (Lipinski definition) is 1. The molecule has 1 atom stereocenters. The number of nitrogens with zero attached hydrogens (tertiary/aromatic N) is 2. The second-order valence-electron chi connectivity index (χ2n) is 4.59. The summed E-state index contributed by atoms with van der Waals surface area (Å²) in [6.45, 7) is 5.62. The van der Waals surface area contributed by atoms with Gasteiger partial charge in [-0.05, 0) is 54.4 Å². The van der Waals surface area contributed by atoms with Crippen LogP contribution in [0.1, 0.15) is 30.0 Å². The molecule has 0 aliphatic carbocycles. The monoisotopic (exact) mass is 324 g/mol. The Labute approximate surface area is 121 Å². The van der Waals surface area contributed by atoms with Gasteiger partial charge in [0.15, 0.2) is 5.75 Å². The van der Waals surface area contributed by atoms with Crippen LogP contribution >= 0.6 is 15.9 Å². The van der Waals surface area contributed by atoms with Gasteiger partial charge in [-0.25, -0.2) is 0 Å². The summed E-state index contributed by atoms with van der Waals surface area (Å²) in [6.07, 6.45) is -0.493. The summed E-state index contributed by atoms with van der Waals surface area (Å²) in [5, 5.41) is 13.9. The molecule has 0 amide bonds. The van der Waals surface area contributed by atoms with Crippen molar-refractivity contribution in [2.24, 2.45) is 7.05 Å². The molecular formula is C14H17BrN2O2. The van der Waals surface area contributed by atoms with Crippen molar-refractivity contribution in [3.63, 3.8) is 0 Å². The van der Waals surface area contributed by atoms with E-state index in [2.05, 4.69) is 21.0 Å². The Hall–Kier alpha value is -1.33. The van der Waals surface area contributed by atoms with Crippen LogP contribution in [-0.2, 0) is 7.05 Å². The van der Waals surface area contributed by atoms with E-state index < -0.39 is 6.10 Å². The van der Waals surface area contributed by atoms with Gasteiger partial charge >= 0.3 is 0 Å². The smallest absolute Gasteiger partial charge is 0.171 e. The first kappa shape index (κ1) is 14.1. The number of halogens is 1. The number of aryl methyl sites for hydroxylation is 2. The van der Waals surface area contributed by atoms with Crippen molar-refractivity contribution < 1.29 is 9.84 Å². The second-order valence-corrected chi connectivity index (χ2v) is 5.45. The lowest BCUT2D eigenvalue weighted by molar-refractivity contribution is 0.199. The molecule has 0 radical (unpaired) electrons. The molecule has 0 spiro atoms. The summed E-state index contributed by atoms with van der Waals surface area (Å²) in [6, 6.07) is 5.56.